The zero-order valence-electron chi connectivity index (χ0n) is 10.1. The van der Waals surface area contributed by atoms with Gasteiger partial charge in [0.1, 0.15) is 0 Å². The Hall–Kier alpha value is -0.0400. The lowest BCUT2D eigenvalue weighted by molar-refractivity contribution is 0.209. The Kier molecular flexibility index (Phi) is 4.94. The maximum absolute atomic E-state index is 6.21. The molecule has 0 aromatic heterocycles. The molecular weight excluding hydrogens is 170 g/mol. The van der Waals surface area contributed by atoms with Gasteiger partial charge in [0.05, 0.1) is 0 Å². The number of hydrogen-bond donors (Lipinski definition) is 1. The molecular formula is C13H27N. The van der Waals surface area contributed by atoms with Crippen molar-refractivity contribution >= 4 is 0 Å². The Balaban J connectivity index is 2.28. The molecule has 0 aromatic rings. The second-order valence-electron chi connectivity index (χ2n) is 5.39. The maximum atomic E-state index is 6.21. The van der Waals surface area contributed by atoms with E-state index in [-0.39, 0.29) is 0 Å². The second-order valence-corrected chi connectivity index (χ2v) is 5.39. The molecule has 1 unspecified atom stereocenters. The van der Waals surface area contributed by atoms with Crippen molar-refractivity contribution in [2.24, 2.45) is 23.5 Å². The van der Waals surface area contributed by atoms with Crippen molar-refractivity contribution in [1.29, 1.82) is 0 Å². The van der Waals surface area contributed by atoms with Crippen LogP contribution in [0.3, 0.4) is 0 Å². The molecule has 1 heteroatoms. The summed E-state index contributed by atoms with van der Waals surface area (Å²) in [6.07, 6.45) is 8.40. The van der Waals surface area contributed by atoms with E-state index in [4.69, 9.17) is 5.73 Å². The molecule has 84 valence electrons. The monoisotopic (exact) mass is 197 g/mol. The highest BCUT2D eigenvalue weighted by Crippen LogP contribution is 2.34. The van der Waals surface area contributed by atoms with Crippen LogP contribution < -0.4 is 5.73 Å². The van der Waals surface area contributed by atoms with Gasteiger partial charge in [-0.25, -0.2) is 0 Å². The number of nitrogens with two attached hydrogens (primary N) is 1. The smallest absolute Gasteiger partial charge is 0.00903 e. The topological polar surface area (TPSA) is 26.0 Å². The third kappa shape index (κ3) is 3.27. The SMILES string of the molecule is CCCC1CCC(C(N)C(C)C)CC1. The fourth-order valence-electron chi connectivity index (χ4n) is 2.81. The van der Waals surface area contributed by atoms with Crippen molar-refractivity contribution in [3.8, 4) is 0 Å². The summed E-state index contributed by atoms with van der Waals surface area (Å²) >= 11 is 0. The molecule has 0 heterocycles. The molecule has 1 aliphatic carbocycles. The molecule has 0 spiro atoms. The highest BCUT2D eigenvalue weighted by atomic mass is 14.7. The van der Waals surface area contributed by atoms with Crippen LogP contribution in [0.2, 0.25) is 0 Å². The first-order valence-corrected chi connectivity index (χ1v) is 6.40. The molecule has 2 N–H and O–H groups in total. The van der Waals surface area contributed by atoms with Gasteiger partial charge in [-0.2, -0.15) is 0 Å². The van der Waals surface area contributed by atoms with E-state index in [9.17, 15) is 0 Å². The molecule has 0 amide bonds. The Bertz CT molecular complexity index is 145. The van der Waals surface area contributed by atoms with E-state index in [1.807, 2.05) is 0 Å². The summed E-state index contributed by atoms with van der Waals surface area (Å²) in [5.74, 6) is 2.47. The van der Waals surface area contributed by atoms with Crippen LogP contribution in [0.4, 0.5) is 0 Å². The first-order chi connectivity index (χ1) is 6.65. The van der Waals surface area contributed by atoms with Crippen molar-refractivity contribution in [2.75, 3.05) is 0 Å². The van der Waals surface area contributed by atoms with E-state index < -0.39 is 0 Å². The van der Waals surface area contributed by atoms with Crippen molar-refractivity contribution < 1.29 is 0 Å². The summed E-state index contributed by atoms with van der Waals surface area (Å²) < 4.78 is 0. The van der Waals surface area contributed by atoms with Crippen LogP contribution in [0.5, 0.6) is 0 Å². The van der Waals surface area contributed by atoms with E-state index in [1.165, 1.54) is 38.5 Å². The second kappa shape index (κ2) is 5.75. The minimum Gasteiger partial charge on any atom is -0.327 e. The van der Waals surface area contributed by atoms with Gasteiger partial charge in [0, 0.05) is 6.04 Å². The summed E-state index contributed by atoms with van der Waals surface area (Å²) in [5.41, 5.74) is 6.21. The van der Waals surface area contributed by atoms with E-state index >= 15 is 0 Å². The fourth-order valence-corrected chi connectivity index (χ4v) is 2.81. The maximum Gasteiger partial charge on any atom is 0.00903 e. The van der Waals surface area contributed by atoms with Gasteiger partial charge in [-0.05, 0) is 30.6 Å². The van der Waals surface area contributed by atoms with Gasteiger partial charge in [0.15, 0.2) is 0 Å². The van der Waals surface area contributed by atoms with Crippen molar-refractivity contribution in [3.63, 3.8) is 0 Å². The van der Waals surface area contributed by atoms with Gasteiger partial charge in [0.25, 0.3) is 0 Å². The normalized spacial score (nSPS) is 30.6. The predicted octanol–water partition coefficient (Wildman–Crippen LogP) is 3.58. The summed E-state index contributed by atoms with van der Waals surface area (Å²) in [4.78, 5) is 0. The quantitative estimate of drug-likeness (QED) is 0.732. The number of hydrogen-bond acceptors (Lipinski definition) is 1. The molecule has 0 bridgehead atoms. The molecule has 0 saturated heterocycles. The molecule has 1 atom stereocenters. The van der Waals surface area contributed by atoms with E-state index in [1.54, 1.807) is 0 Å². The van der Waals surface area contributed by atoms with Crippen LogP contribution in [0.15, 0.2) is 0 Å². The van der Waals surface area contributed by atoms with Crippen molar-refractivity contribution in [1.82, 2.24) is 0 Å². The standard InChI is InChI=1S/C13H27N/c1-4-5-11-6-8-12(9-7-11)13(14)10(2)3/h10-13H,4-9,14H2,1-3H3. The first kappa shape index (κ1) is 12.0. The Morgan fingerprint density at radius 2 is 1.71 bits per heavy atom. The van der Waals surface area contributed by atoms with E-state index in [0.717, 1.165) is 11.8 Å². The lowest BCUT2D eigenvalue weighted by Crippen LogP contribution is -2.37. The predicted molar refractivity (Wildman–Crippen MR) is 63.2 cm³/mol. The minimum atomic E-state index is 0.442. The minimum absolute atomic E-state index is 0.442. The van der Waals surface area contributed by atoms with Gasteiger partial charge in [-0.15, -0.1) is 0 Å². The fraction of sp³-hybridized carbons (Fsp3) is 1.00. The molecule has 1 rings (SSSR count). The van der Waals surface area contributed by atoms with Crippen molar-refractivity contribution in [3.05, 3.63) is 0 Å². The van der Waals surface area contributed by atoms with Gasteiger partial charge >= 0.3 is 0 Å². The van der Waals surface area contributed by atoms with Gasteiger partial charge < -0.3 is 5.73 Å². The Labute approximate surface area is 89.5 Å². The number of rotatable bonds is 4. The Morgan fingerprint density at radius 3 is 2.14 bits per heavy atom. The van der Waals surface area contributed by atoms with Crippen LogP contribution in [0.25, 0.3) is 0 Å². The summed E-state index contributed by atoms with van der Waals surface area (Å²) in [6, 6.07) is 0.442. The van der Waals surface area contributed by atoms with Gasteiger partial charge in [-0.1, -0.05) is 46.5 Å². The molecule has 0 aliphatic heterocycles. The zero-order chi connectivity index (χ0) is 10.6. The molecule has 1 saturated carbocycles. The van der Waals surface area contributed by atoms with Crippen LogP contribution in [-0.2, 0) is 0 Å². The molecule has 1 aliphatic rings. The van der Waals surface area contributed by atoms with Crippen molar-refractivity contribution in [2.45, 2.75) is 65.3 Å². The molecule has 0 aromatic carbocycles. The summed E-state index contributed by atoms with van der Waals surface area (Å²) in [7, 11) is 0. The lowest BCUT2D eigenvalue weighted by atomic mass is 9.75. The van der Waals surface area contributed by atoms with E-state index in [2.05, 4.69) is 20.8 Å². The zero-order valence-corrected chi connectivity index (χ0v) is 10.1. The summed E-state index contributed by atoms with van der Waals surface area (Å²) in [5, 5.41) is 0. The van der Waals surface area contributed by atoms with Crippen LogP contribution in [-0.4, -0.2) is 6.04 Å². The highest BCUT2D eigenvalue weighted by Gasteiger charge is 2.26. The Morgan fingerprint density at radius 1 is 1.14 bits per heavy atom. The van der Waals surface area contributed by atoms with Crippen LogP contribution in [0.1, 0.15) is 59.3 Å². The molecule has 0 radical (unpaired) electrons. The third-order valence-electron chi connectivity index (χ3n) is 3.90. The highest BCUT2D eigenvalue weighted by molar-refractivity contribution is 4.81. The largest absolute Gasteiger partial charge is 0.327 e. The molecule has 14 heavy (non-hydrogen) atoms. The third-order valence-corrected chi connectivity index (χ3v) is 3.90. The first-order valence-electron chi connectivity index (χ1n) is 6.40. The molecule has 1 fully saturated rings. The van der Waals surface area contributed by atoms with Gasteiger partial charge in [0.2, 0.25) is 0 Å². The van der Waals surface area contributed by atoms with Gasteiger partial charge in [-0.3, -0.25) is 0 Å². The average Bonchev–Trinajstić information content (AvgIpc) is 2.18. The van der Waals surface area contributed by atoms with Crippen LogP contribution >= 0.6 is 0 Å². The lowest BCUT2D eigenvalue weighted by Gasteiger charge is -2.33. The summed E-state index contributed by atoms with van der Waals surface area (Å²) in [6.45, 7) is 6.80. The molecule has 1 nitrogen and oxygen atoms in total. The van der Waals surface area contributed by atoms with Crippen LogP contribution in [0, 0.1) is 17.8 Å². The average molecular weight is 197 g/mol. The van der Waals surface area contributed by atoms with E-state index in [0.29, 0.717) is 12.0 Å².